The van der Waals surface area contributed by atoms with Crippen molar-refractivity contribution in [2.24, 2.45) is 0 Å². The molecule has 6 nitrogen and oxygen atoms in total. The van der Waals surface area contributed by atoms with Crippen molar-refractivity contribution in [1.82, 2.24) is 20.2 Å². The number of pyridine rings is 1. The highest BCUT2D eigenvalue weighted by atomic mass is 35.5. The molecule has 0 radical (unpaired) electrons. The van der Waals surface area contributed by atoms with Crippen molar-refractivity contribution < 1.29 is 4.74 Å². The number of hydrogen-bond acceptors (Lipinski definition) is 5. The number of hydrogen-bond donors (Lipinski definition) is 2. The van der Waals surface area contributed by atoms with E-state index in [1.807, 2.05) is 55.5 Å². The van der Waals surface area contributed by atoms with E-state index in [4.69, 9.17) is 16.3 Å². The summed E-state index contributed by atoms with van der Waals surface area (Å²) in [7, 11) is 0. The van der Waals surface area contributed by atoms with Gasteiger partial charge in [0.25, 0.3) is 0 Å². The molecule has 4 aromatic rings. The fourth-order valence-corrected chi connectivity index (χ4v) is 2.69. The predicted octanol–water partition coefficient (Wildman–Crippen LogP) is 5.36. The van der Waals surface area contributed by atoms with E-state index in [1.54, 1.807) is 18.3 Å². The molecular weight excluding hydrogens is 362 g/mol. The standard InChI is InChI=1S/C20H16ClN5O/c1-13-3-2-4-16(11-13)23-20-24-19(25-26-20)14-5-7-17(8-6-14)27-18-12-15(21)9-10-22-18/h2-12H,1H3,(H2,23,24,25,26). The molecule has 0 aliphatic carbocycles. The Bertz CT molecular complexity index is 1060. The van der Waals surface area contributed by atoms with E-state index in [0.29, 0.717) is 28.4 Å². The monoisotopic (exact) mass is 377 g/mol. The van der Waals surface area contributed by atoms with Crippen LogP contribution in [0.5, 0.6) is 11.6 Å². The summed E-state index contributed by atoms with van der Waals surface area (Å²) in [5.74, 6) is 2.28. The number of H-pyrrole nitrogens is 1. The van der Waals surface area contributed by atoms with Crippen LogP contribution in [-0.2, 0) is 0 Å². The third-order valence-electron chi connectivity index (χ3n) is 3.81. The zero-order valence-electron chi connectivity index (χ0n) is 14.5. The molecule has 4 rings (SSSR count). The van der Waals surface area contributed by atoms with E-state index in [2.05, 4.69) is 25.5 Å². The second kappa shape index (κ2) is 7.47. The van der Waals surface area contributed by atoms with Gasteiger partial charge in [-0.25, -0.2) is 4.98 Å². The zero-order chi connectivity index (χ0) is 18.6. The molecule has 0 saturated carbocycles. The minimum absolute atomic E-state index is 0.444. The molecule has 0 aliphatic heterocycles. The fourth-order valence-electron chi connectivity index (χ4n) is 2.54. The summed E-state index contributed by atoms with van der Waals surface area (Å²) < 4.78 is 5.69. The first kappa shape index (κ1) is 17.1. The van der Waals surface area contributed by atoms with Gasteiger partial charge in [0.2, 0.25) is 11.8 Å². The van der Waals surface area contributed by atoms with E-state index in [-0.39, 0.29) is 0 Å². The molecule has 0 saturated heterocycles. The van der Waals surface area contributed by atoms with E-state index in [9.17, 15) is 0 Å². The Balaban J connectivity index is 1.47. The largest absolute Gasteiger partial charge is 0.439 e. The first-order valence-electron chi connectivity index (χ1n) is 8.32. The van der Waals surface area contributed by atoms with Crippen molar-refractivity contribution in [3.05, 3.63) is 77.4 Å². The smallest absolute Gasteiger partial charge is 0.246 e. The highest BCUT2D eigenvalue weighted by molar-refractivity contribution is 6.30. The first-order valence-corrected chi connectivity index (χ1v) is 8.69. The number of aryl methyl sites for hydroxylation is 1. The topological polar surface area (TPSA) is 75.7 Å². The number of nitrogens with zero attached hydrogens (tertiary/aromatic N) is 3. The molecule has 7 heteroatoms. The highest BCUT2D eigenvalue weighted by Crippen LogP contribution is 2.25. The molecule has 0 aliphatic rings. The van der Waals surface area contributed by atoms with Gasteiger partial charge >= 0.3 is 0 Å². The van der Waals surface area contributed by atoms with Crippen molar-refractivity contribution in [3.8, 4) is 23.0 Å². The maximum Gasteiger partial charge on any atom is 0.246 e. The van der Waals surface area contributed by atoms with Crippen LogP contribution in [-0.4, -0.2) is 20.2 Å². The summed E-state index contributed by atoms with van der Waals surface area (Å²) in [6.45, 7) is 2.04. The first-order chi connectivity index (χ1) is 13.2. The van der Waals surface area contributed by atoms with Crippen LogP contribution in [0.2, 0.25) is 5.02 Å². The Morgan fingerprint density at radius 1 is 1.04 bits per heavy atom. The van der Waals surface area contributed by atoms with Crippen molar-refractivity contribution >= 4 is 23.2 Å². The molecule has 0 amide bonds. The van der Waals surface area contributed by atoms with Gasteiger partial charge in [-0.2, -0.15) is 4.98 Å². The number of nitrogens with one attached hydrogen (secondary N) is 2. The summed E-state index contributed by atoms with van der Waals surface area (Å²) in [5.41, 5.74) is 3.00. The van der Waals surface area contributed by atoms with Gasteiger partial charge in [0.1, 0.15) is 5.75 Å². The Hall–Kier alpha value is -3.38. The normalized spacial score (nSPS) is 10.6. The molecule has 2 heterocycles. The van der Waals surface area contributed by atoms with Gasteiger partial charge in [0, 0.05) is 28.5 Å². The average Bonchev–Trinajstić information content (AvgIpc) is 3.11. The SMILES string of the molecule is Cc1cccc(Nc2n[nH]c(-c3ccc(Oc4cc(Cl)ccn4)cc3)n2)c1. The van der Waals surface area contributed by atoms with E-state index in [1.165, 1.54) is 5.56 Å². The average molecular weight is 378 g/mol. The molecule has 0 spiro atoms. The molecule has 134 valence electrons. The van der Waals surface area contributed by atoms with Gasteiger partial charge < -0.3 is 10.1 Å². The van der Waals surface area contributed by atoms with Gasteiger partial charge in [-0.1, -0.05) is 23.7 Å². The molecular formula is C20H16ClN5O. The van der Waals surface area contributed by atoms with E-state index >= 15 is 0 Å². The molecule has 2 aromatic carbocycles. The second-order valence-corrected chi connectivity index (χ2v) is 6.38. The molecule has 2 aromatic heterocycles. The van der Waals surface area contributed by atoms with Gasteiger partial charge in [0.15, 0.2) is 5.82 Å². The lowest BCUT2D eigenvalue weighted by molar-refractivity contribution is 0.463. The van der Waals surface area contributed by atoms with Crippen molar-refractivity contribution in [1.29, 1.82) is 0 Å². The Kier molecular flexibility index (Phi) is 4.72. The van der Waals surface area contributed by atoms with Crippen LogP contribution in [0.25, 0.3) is 11.4 Å². The van der Waals surface area contributed by atoms with Crippen LogP contribution < -0.4 is 10.1 Å². The quantitative estimate of drug-likeness (QED) is 0.489. The van der Waals surface area contributed by atoms with Gasteiger partial charge in [-0.15, -0.1) is 5.10 Å². The maximum absolute atomic E-state index is 5.94. The van der Waals surface area contributed by atoms with Crippen molar-refractivity contribution in [2.45, 2.75) is 6.92 Å². The van der Waals surface area contributed by atoms with E-state index < -0.39 is 0 Å². The van der Waals surface area contributed by atoms with Crippen LogP contribution in [0.3, 0.4) is 0 Å². The number of benzene rings is 2. The number of halogens is 1. The van der Waals surface area contributed by atoms with Crippen LogP contribution in [0.1, 0.15) is 5.56 Å². The number of anilines is 2. The second-order valence-electron chi connectivity index (χ2n) is 5.94. The molecule has 2 N–H and O–H groups in total. The van der Waals surface area contributed by atoms with Crippen LogP contribution in [0.15, 0.2) is 66.9 Å². The summed E-state index contributed by atoms with van der Waals surface area (Å²) in [5, 5.41) is 10.9. The summed E-state index contributed by atoms with van der Waals surface area (Å²) in [6.07, 6.45) is 1.60. The van der Waals surface area contributed by atoms with E-state index in [0.717, 1.165) is 11.3 Å². The summed E-state index contributed by atoms with van der Waals surface area (Å²) in [4.78, 5) is 8.60. The Labute approximate surface area is 161 Å². The Morgan fingerprint density at radius 2 is 1.89 bits per heavy atom. The number of ether oxygens (including phenoxy) is 1. The molecule has 0 unspecified atom stereocenters. The van der Waals surface area contributed by atoms with Gasteiger partial charge in [-0.05, 0) is 55.0 Å². The summed E-state index contributed by atoms with van der Waals surface area (Å²) >= 11 is 5.94. The van der Waals surface area contributed by atoms with Gasteiger partial charge in [-0.3, -0.25) is 5.10 Å². The fraction of sp³-hybridized carbons (Fsp3) is 0.0500. The third kappa shape index (κ3) is 4.24. The van der Waals surface area contributed by atoms with Crippen molar-refractivity contribution in [2.75, 3.05) is 5.32 Å². The maximum atomic E-state index is 5.94. The molecule has 27 heavy (non-hydrogen) atoms. The van der Waals surface area contributed by atoms with Crippen molar-refractivity contribution in [3.63, 3.8) is 0 Å². The predicted molar refractivity (Wildman–Crippen MR) is 106 cm³/mol. The molecule has 0 bridgehead atoms. The van der Waals surface area contributed by atoms with Crippen LogP contribution in [0, 0.1) is 6.92 Å². The third-order valence-corrected chi connectivity index (χ3v) is 4.04. The number of rotatable bonds is 5. The molecule has 0 fully saturated rings. The minimum Gasteiger partial charge on any atom is -0.439 e. The number of aromatic nitrogens is 4. The lowest BCUT2D eigenvalue weighted by Gasteiger charge is -2.05. The van der Waals surface area contributed by atoms with Crippen LogP contribution in [0.4, 0.5) is 11.6 Å². The highest BCUT2D eigenvalue weighted by Gasteiger charge is 2.07. The zero-order valence-corrected chi connectivity index (χ0v) is 15.2. The lowest BCUT2D eigenvalue weighted by Crippen LogP contribution is -1.92. The number of aromatic amines is 1. The molecule has 0 atom stereocenters. The Morgan fingerprint density at radius 3 is 2.67 bits per heavy atom. The van der Waals surface area contributed by atoms with Crippen LogP contribution >= 0.6 is 11.6 Å². The summed E-state index contributed by atoms with van der Waals surface area (Å²) in [6, 6.07) is 18.9. The lowest BCUT2D eigenvalue weighted by atomic mass is 10.2. The minimum atomic E-state index is 0.444. The van der Waals surface area contributed by atoms with Gasteiger partial charge in [0.05, 0.1) is 0 Å².